The second-order valence-electron chi connectivity index (χ2n) is 7.78. The van der Waals surface area contributed by atoms with E-state index in [1.807, 2.05) is 0 Å². The van der Waals surface area contributed by atoms with Crippen LogP contribution in [0.2, 0.25) is 5.02 Å². The molecule has 0 bridgehead atoms. The average molecular weight is 493 g/mol. The van der Waals surface area contributed by atoms with E-state index < -0.39 is 15.9 Å². The summed E-state index contributed by atoms with van der Waals surface area (Å²) >= 11 is 6.16. The lowest BCUT2D eigenvalue weighted by molar-refractivity contribution is -0.129. The van der Waals surface area contributed by atoms with Crippen LogP contribution in [0, 0.1) is 0 Å². The molecule has 1 aliphatic heterocycles. The van der Waals surface area contributed by atoms with Gasteiger partial charge in [0.1, 0.15) is 0 Å². The SMILES string of the molecule is CC(=O)N1CCN(S(=O)(=O)c2ccc(C(=O)Nc3cc(C(=O)N(C)C)ccc3Cl)cc2)CC1. The van der Waals surface area contributed by atoms with E-state index in [4.69, 9.17) is 11.6 Å². The summed E-state index contributed by atoms with van der Waals surface area (Å²) in [6.07, 6.45) is 0. The molecule has 0 unspecified atom stereocenters. The molecule has 1 fully saturated rings. The van der Waals surface area contributed by atoms with Crippen molar-refractivity contribution in [3.8, 4) is 0 Å². The Morgan fingerprint density at radius 2 is 1.52 bits per heavy atom. The Bertz CT molecular complexity index is 1170. The number of sulfonamides is 1. The molecule has 176 valence electrons. The molecule has 11 heteroatoms. The zero-order valence-electron chi connectivity index (χ0n) is 18.5. The summed E-state index contributed by atoms with van der Waals surface area (Å²) in [5, 5.41) is 2.93. The second-order valence-corrected chi connectivity index (χ2v) is 10.1. The van der Waals surface area contributed by atoms with Gasteiger partial charge in [0.05, 0.1) is 15.6 Å². The second kappa shape index (κ2) is 9.90. The van der Waals surface area contributed by atoms with E-state index in [0.717, 1.165) is 0 Å². The summed E-state index contributed by atoms with van der Waals surface area (Å²) in [6.45, 7) is 2.56. The van der Waals surface area contributed by atoms with Crippen molar-refractivity contribution >= 4 is 45.0 Å². The Labute approximate surface area is 198 Å². The number of benzene rings is 2. The van der Waals surface area contributed by atoms with Gasteiger partial charge in [-0.25, -0.2) is 8.42 Å². The fourth-order valence-electron chi connectivity index (χ4n) is 3.38. The number of carbonyl (C=O) groups excluding carboxylic acids is 3. The molecule has 1 heterocycles. The molecule has 0 aromatic heterocycles. The highest BCUT2D eigenvalue weighted by atomic mass is 35.5. The molecule has 9 nitrogen and oxygen atoms in total. The van der Waals surface area contributed by atoms with Gasteiger partial charge >= 0.3 is 0 Å². The first kappa shape index (κ1) is 24.7. The van der Waals surface area contributed by atoms with Crippen molar-refractivity contribution in [2.45, 2.75) is 11.8 Å². The van der Waals surface area contributed by atoms with E-state index in [2.05, 4.69) is 5.32 Å². The summed E-state index contributed by atoms with van der Waals surface area (Å²) in [5.41, 5.74) is 0.871. The Morgan fingerprint density at radius 3 is 2.06 bits per heavy atom. The van der Waals surface area contributed by atoms with Crippen LogP contribution in [0.4, 0.5) is 5.69 Å². The van der Waals surface area contributed by atoms with Crippen molar-refractivity contribution in [2.75, 3.05) is 45.6 Å². The van der Waals surface area contributed by atoms with Gasteiger partial charge in [0.25, 0.3) is 11.8 Å². The molecule has 3 rings (SSSR count). The highest BCUT2D eigenvalue weighted by molar-refractivity contribution is 7.89. The van der Waals surface area contributed by atoms with Gasteiger partial charge in [0.2, 0.25) is 15.9 Å². The van der Waals surface area contributed by atoms with Gasteiger partial charge in [-0.1, -0.05) is 11.6 Å². The quantitative estimate of drug-likeness (QED) is 0.688. The number of piperazine rings is 1. The molecule has 0 saturated carbocycles. The first-order valence-electron chi connectivity index (χ1n) is 10.2. The lowest BCUT2D eigenvalue weighted by Gasteiger charge is -2.33. The van der Waals surface area contributed by atoms with Gasteiger partial charge in [-0.3, -0.25) is 14.4 Å². The lowest BCUT2D eigenvalue weighted by atomic mass is 10.1. The molecule has 0 spiro atoms. The average Bonchev–Trinajstić information content (AvgIpc) is 2.80. The summed E-state index contributed by atoms with van der Waals surface area (Å²) in [5.74, 6) is -0.814. The van der Waals surface area contributed by atoms with Crippen LogP contribution in [-0.4, -0.2) is 80.5 Å². The van der Waals surface area contributed by atoms with Crippen LogP contribution >= 0.6 is 11.6 Å². The number of carbonyl (C=O) groups is 3. The maximum Gasteiger partial charge on any atom is 0.255 e. The normalized spacial score (nSPS) is 14.6. The maximum atomic E-state index is 12.9. The van der Waals surface area contributed by atoms with Gasteiger partial charge in [-0.15, -0.1) is 0 Å². The molecule has 3 amide bonds. The van der Waals surface area contributed by atoms with Gasteiger partial charge in [0.15, 0.2) is 0 Å². The molecule has 0 radical (unpaired) electrons. The summed E-state index contributed by atoms with van der Waals surface area (Å²) < 4.78 is 27.1. The number of halogens is 1. The fraction of sp³-hybridized carbons (Fsp3) is 0.318. The van der Waals surface area contributed by atoms with E-state index in [9.17, 15) is 22.8 Å². The lowest BCUT2D eigenvalue weighted by Crippen LogP contribution is -2.49. The van der Waals surface area contributed by atoms with Crippen LogP contribution in [0.5, 0.6) is 0 Å². The third-order valence-corrected chi connectivity index (χ3v) is 7.55. The number of nitrogens with zero attached hydrogens (tertiary/aromatic N) is 3. The minimum Gasteiger partial charge on any atom is -0.345 e. The van der Waals surface area contributed by atoms with Crippen LogP contribution in [0.1, 0.15) is 27.6 Å². The van der Waals surface area contributed by atoms with Crippen LogP contribution in [0.25, 0.3) is 0 Å². The van der Waals surface area contributed by atoms with Crippen LogP contribution in [-0.2, 0) is 14.8 Å². The number of nitrogens with one attached hydrogen (secondary N) is 1. The number of hydrogen-bond donors (Lipinski definition) is 1. The fourth-order valence-corrected chi connectivity index (χ4v) is 4.96. The molecule has 0 atom stereocenters. The third-order valence-electron chi connectivity index (χ3n) is 5.31. The maximum absolute atomic E-state index is 12.9. The highest BCUT2D eigenvalue weighted by Crippen LogP contribution is 2.25. The molecule has 0 aliphatic carbocycles. The standard InChI is InChI=1S/C22H25ClN4O5S/c1-15(28)26-10-12-27(13-11-26)33(31,32)18-7-4-16(5-8-18)21(29)24-20-14-17(6-9-19(20)23)22(30)25(2)3/h4-9,14H,10-13H2,1-3H3,(H,24,29). The predicted molar refractivity (Wildman–Crippen MR) is 125 cm³/mol. The van der Waals surface area contributed by atoms with Gasteiger partial charge < -0.3 is 15.1 Å². The molecule has 2 aromatic rings. The number of amides is 3. The van der Waals surface area contributed by atoms with E-state index in [0.29, 0.717) is 18.7 Å². The van der Waals surface area contributed by atoms with Crippen molar-refractivity contribution in [3.63, 3.8) is 0 Å². The largest absolute Gasteiger partial charge is 0.345 e. The molecule has 1 saturated heterocycles. The Hall–Kier alpha value is -2.95. The van der Waals surface area contributed by atoms with Crippen molar-refractivity contribution in [2.24, 2.45) is 0 Å². The molecule has 2 aromatic carbocycles. The number of rotatable bonds is 5. The zero-order valence-corrected chi connectivity index (χ0v) is 20.1. The minimum absolute atomic E-state index is 0.0620. The molecular weight excluding hydrogens is 468 g/mol. The van der Waals surface area contributed by atoms with Gasteiger partial charge in [0, 0.05) is 58.3 Å². The molecule has 1 aliphatic rings. The first-order valence-corrected chi connectivity index (χ1v) is 12.0. The predicted octanol–water partition coefficient (Wildman–Crippen LogP) is 2.15. The van der Waals surface area contributed by atoms with Crippen molar-refractivity contribution < 1.29 is 22.8 Å². The van der Waals surface area contributed by atoms with Crippen LogP contribution < -0.4 is 5.32 Å². The molecular formula is C22H25ClN4O5S. The minimum atomic E-state index is -3.74. The Balaban J connectivity index is 1.73. The Morgan fingerprint density at radius 1 is 0.939 bits per heavy atom. The van der Waals surface area contributed by atoms with Crippen LogP contribution in [0.3, 0.4) is 0 Å². The molecule has 33 heavy (non-hydrogen) atoms. The van der Waals surface area contributed by atoms with E-state index in [-0.39, 0.29) is 46.1 Å². The van der Waals surface area contributed by atoms with Gasteiger partial charge in [-0.05, 0) is 42.5 Å². The summed E-state index contributed by atoms with van der Waals surface area (Å²) in [7, 11) is -0.504. The molecule has 1 N–H and O–H groups in total. The zero-order chi connectivity index (χ0) is 24.3. The number of anilines is 1. The smallest absolute Gasteiger partial charge is 0.255 e. The van der Waals surface area contributed by atoms with Crippen molar-refractivity contribution in [1.29, 1.82) is 0 Å². The van der Waals surface area contributed by atoms with E-state index >= 15 is 0 Å². The summed E-state index contributed by atoms with van der Waals surface area (Å²) in [6, 6.07) is 10.1. The van der Waals surface area contributed by atoms with Crippen molar-refractivity contribution in [3.05, 3.63) is 58.6 Å². The summed E-state index contributed by atoms with van der Waals surface area (Å²) in [4.78, 5) is 39.4. The monoisotopic (exact) mass is 492 g/mol. The topological polar surface area (TPSA) is 107 Å². The van der Waals surface area contributed by atoms with E-state index in [1.165, 1.54) is 52.5 Å². The number of hydrogen-bond acceptors (Lipinski definition) is 5. The highest BCUT2D eigenvalue weighted by Gasteiger charge is 2.29. The van der Waals surface area contributed by atoms with Gasteiger partial charge in [-0.2, -0.15) is 4.31 Å². The van der Waals surface area contributed by atoms with Crippen molar-refractivity contribution in [1.82, 2.24) is 14.1 Å². The van der Waals surface area contributed by atoms with E-state index in [1.54, 1.807) is 25.1 Å². The third kappa shape index (κ3) is 5.52. The first-order chi connectivity index (χ1) is 15.5. The van der Waals surface area contributed by atoms with Crippen LogP contribution in [0.15, 0.2) is 47.4 Å². The Kier molecular flexibility index (Phi) is 7.41.